The Hall–Kier alpha value is -1.96. The van der Waals surface area contributed by atoms with Gasteiger partial charge in [0.25, 0.3) is 0 Å². The number of hydrogen-bond donors (Lipinski definition) is 2. The van der Waals surface area contributed by atoms with Crippen molar-refractivity contribution in [1.29, 1.82) is 0 Å². The van der Waals surface area contributed by atoms with Gasteiger partial charge in [-0.15, -0.1) is 0 Å². The lowest BCUT2D eigenvalue weighted by Crippen LogP contribution is -2.18. The minimum Gasteiger partial charge on any atom is -0.507 e. The van der Waals surface area contributed by atoms with E-state index in [0.717, 1.165) is 23.4 Å². The standard InChI is InChI=1S/C22H31NO/c1-15-8-10-17(11-9-15)23-14-16-12-18(21(2,3)4)20(24)19(13-16)22(5,6)7/h8-13,23-24H,14H2,1-7H3. The number of rotatable bonds is 3. The van der Waals surface area contributed by atoms with Gasteiger partial charge in [-0.25, -0.2) is 0 Å². The molecule has 0 spiro atoms. The largest absolute Gasteiger partial charge is 0.507 e. The number of phenols is 1. The summed E-state index contributed by atoms with van der Waals surface area (Å²) < 4.78 is 0. The molecule has 2 aromatic carbocycles. The molecule has 24 heavy (non-hydrogen) atoms. The van der Waals surface area contributed by atoms with E-state index in [1.807, 2.05) is 0 Å². The summed E-state index contributed by atoms with van der Waals surface area (Å²) in [7, 11) is 0. The average Bonchev–Trinajstić information content (AvgIpc) is 2.45. The molecule has 0 radical (unpaired) electrons. The van der Waals surface area contributed by atoms with Crippen molar-refractivity contribution in [3.05, 3.63) is 58.7 Å². The van der Waals surface area contributed by atoms with Crippen LogP contribution in [0.3, 0.4) is 0 Å². The van der Waals surface area contributed by atoms with Gasteiger partial charge in [0, 0.05) is 12.2 Å². The van der Waals surface area contributed by atoms with Crippen molar-refractivity contribution < 1.29 is 5.11 Å². The fourth-order valence-corrected chi connectivity index (χ4v) is 2.82. The molecule has 130 valence electrons. The third-order valence-corrected chi connectivity index (χ3v) is 4.33. The van der Waals surface area contributed by atoms with Gasteiger partial charge < -0.3 is 10.4 Å². The molecule has 0 bridgehead atoms. The van der Waals surface area contributed by atoms with E-state index in [-0.39, 0.29) is 10.8 Å². The van der Waals surface area contributed by atoms with Gasteiger partial charge >= 0.3 is 0 Å². The van der Waals surface area contributed by atoms with Crippen LogP contribution in [0.25, 0.3) is 0 Å². The summed E-state index contributed by atoms with van der Waals surface area (Å²) in [5, 5.41) is 14.3. The summed E-state index contributed by atoms with van der Waals surface area (Å²) in [6.07, 6.45) is 0. The number of aromatic hydroxyl groups is 1. The Morgan fingerprint density at radius 2 is 1.29 bits per heavy atom. The summed E-state index contributed by atoms with van der Waals surface area (Å²) in [6.45, 7) is 15.7. The van der Waals surface area contributed by atoms with Gasteiger partial charge in [0.15, 0.2) is 0 Å². The fraction of sp³-hybridized carbons (Fsp3) is 0.455. The van der Waals surface area contributed by atoms with Crippen LogP contribution in [0.2, 0.25) is 0 Å². The van der Waals surface area contributed by atoms with Crippen molar-refractivity contribution in [3.8, 4) is 5.75 Å². The van der Waals surface area contributed by atoms with Crippen LogP contribution in [-0.4, -0.2) is 5.11 Å². The summed E-state index contributed by atoms with van der Waals surface area (Å²) >= 11 is 0. The normalized spacial score (nSPS) is 12.3. The lowest BCUT2D eigenvalue weighted by molar-refractivity contribution is 0.423. The van der Waals surface area contributed by atoms with Crippen molar-refractivity contribution >= 4 is 5.69 Å². The highest BCUT2D eigenvalue weighted by atomic mass is 16.3. The third-order valence-electron chi connectivity index (χ3n) is 4.33. The number of anilines is 1. The molecule has 0 aliphatic rings. The Morgan fingerprint density at radius 1 is 0.833 bits per heavy atom. The second-order valence-electron chi connectivity index (χ2n) is 8.76. The van der Waals surface area contributed by atoms with Crippen LogP contribution in [0.4, 0.5) is 5.69 Å². The second kappa shape index (κ2) is 6.51. The van der Waals surface area contributed by atoms with E-state index in [1.54, 1.807) is 0 Å². The molecule has 0 unspecified atom stereocenters. The first-order valence-corrected chi connectivity index (χ1v) is 8.66. The van der Waals surface area contributed by atoms with Gasteiger partial charge in [0.05, 0.1) is 0 Å². The van der Waals surface area contributed by atoms with Crippen LogP contribution in [0, 0.1) is 6.92 Å². The monoisotopic (exact) mass is 325 g/mol. The van der Waals surface area contributed by atoms with Crippen LogP contribution < -0.4 is 5.32 Å². The molecule has 2 rings (SSSR count). The quantitative estimate of drug-likeness (QED) is 0.735. The van der Waals surface area contributed by atoms with Crippen molar-refractivity contribution in [3.63, 3.8) is 0 Å². The van der Waals surface area contributed by atoms with E-state index in [0.29, 0.717) is 5.75 Å². The van der Waals surface area contributed by atoms with Crippen molar-refractivity contribution in [2.45, 2.75) is 65.8 Å². The minimum atomic E-state index is -0.0933. The molecule has 0 fully saturated rings. The molecule has 2 heteroatoms. The summed E-state index contributed by atoms with van der Waals surface area (Å²) in [5.74, 6) is 0.439. The summed E-state index contributed by atoms with van der Waals surface area (Å²) in [4.78, 5) is 0. The Labute approximate surface area is 146 Å². The minimum absolute atomic E-state index is 0.0933. The maximum atomic E-state index is 10.8. The fourth-order valence-electron chi connectivity index (χ4n) is 2.82. The number of aryl methyl sites for hydroxylation is 1. The van der Waals surface area contributed by atoms with Crippen LogP contribution in [0.5, 0.6) is 5.75 Å². The molecule has 0 atom stereocenters. The lowest BCUT2D eigenvalue weighted by atomic mass is 9.78. The Balaban J connectivity index is 2.37. The molecule has 0 aliphatic carbocycles. The van der Waals surface area contributed by atoms with Crippen LogP contribution in [0.15, 0.2) is 36.4 Å². The summed E-state index contributed by atoms with van der Waals surface area (Å²) in [5.41, 5.74) is 5.40. The Morgan fingerprint density at radius 3 is 1.71 bits per heavy atom. The lowest BCUT2D eigenvalue weighted by Gasteiger charge is -2.28. The van der Waals surface area contributed by atoms with Gasteiger partial charge in [0.1, 0.15) is 5.75 Å². The number of benzene rings is 2. The summed E-state index contributed by atoms with van der Waals surface area (Å²) in [6, 6.07) is 12.7. The first kappa shape index (κ1) is 18.4. The van der Waals surface area contributed by atoms with Crippen molar-refractivity contribution in [2.24, 2.45) is 0 Å². The van der Waals surface area contributed by atoms with Crippen molar-refractivity contribution in [1.82, 2.24) is 0 Å². The van der Waals surface area contributed by atoms with Crippen LogP contribution in [0.1, 0.15) is 63.8 Å². The zero-order chi connectivity index (χ0) is 18.1. The molecule has 2 nitrogen and oxygen atoms in total. The van der Waals surface area contributed by atoms with E-state index in [9.17, 15) is 5.11 Å². The van der Waals surface area contributed by atoms with Crippen LogP contribution >= 0.6 is 0 Å². The highest BCUT2D eigenvalue weighted by Gasteiger charge is 2.26. The second-order valence-corrected chi connectivity index (χ2v) is 8.76. The number of nitrogens with one attached hydrogen (secondary N) is 1. The van der Waals surface area contributed by atoms with E-state index >= 15 is 0 Å². The maximum absolute atomic E-state index is 10.8. The molecule has 0 saturated heterocycles. The predicted molar refractivity (Wildman–Crippen MR) is 104 cm³/mol. The molecular weight excluding hydrogens is 294 g/mol. The Bertz CT molecular complexity index is 665. The topological polar surface area (TPSA) is 32.3 Å². The first-order valence-electron chi connectivity index (χ1n) is 8.66. The molecular formula is C22H31NO. The molecule has 2 aromatic rings. The Kier molecular flexibility index (Phi) is 4.98. The number of phenolic OH excluding ortho intramolecular Hbond substituents is 1. The molecule has 0 amide bonds. The number of hydrogen-bond acceptors (Lipinski definition) is 2. The molecule has 0 aromatic heterocycles. The predicted octanol–water partition coefficient (Wildman–Crippen LogP) is 5.91. The SMILES string of the molecule is Cc1ccc(NCc2cc(C(C)(C)C)c(O)c(C(C)(C)C)c2)cc1. The zero-order valence-corrected chi connectivity index (χ0v) is 16.1. The highest BCUT2D eigenvalue weighted by molar-refractivity contribution is 5.51. The van der Waals surface area contributed by atoms with Gasteiger partial charge in [-0.2, -0.15) is 0 Å². The van der Waals surface area contributed by atoms with Gasteiger partial charge in [-0.1, -0.05) is 59.2 Å². The molecule has 0 aliphatic heterocycles. The molecule has 0 heterocycles. The highest BCUT2D eigenvalue weighted by Crippen LogP contribution is 2.39. The average molecular weight is 325 g/mol. The maximum Gasteiger partial charge on any atom is 0.123 e. The van der Waals surface area contributed by atoms with Crippen molar-refractivity contribution in [2.75, 3.05) is 5.32 Å². The van der Waals surface area contributed by atoms with Gasteiger partial charge in [0.2, 0.25) is 0 Å². The van der Waals surface area contributed by atoms with E-state index < -0.39 is 0 Å². The van der Waals surface area contributed by atoms with E-state index in [2.05, 4.69) is 90.2 Å². The van der Waals surface area contributed by atoms with Crippen LogP contribution in [-0.2, 0) is 17.4 Å². The van der Waals surface area contributed by atoms with E-state index in [1.165, 1.54) is 11.1 Å². The molecule has 0 saturated carbocycles. The zero-order valence-electron chi connectivity index (χ0n) is 16.1. The third kappa shape index (κ3) is 4.31. The smallest absolute Gasteiger partial charge is 0.123 e. The van der Waals surface area contributed by atoms with Gasteiger partial charge in [-0.3, -0.25) is 0 Å². The molecule has 2 N–H and O–H groups in total. The van der Waals surface area contributed by atoms with Gasteiger partial charge in [-0.05, 0) is 58.7 Å². The van der Waals surface area contributed by atoms with E-state index in [4.69, 9.17) is 0 Å². The first-order chi connectivity index (χ1) is 11.0.